The lowest BCUT2D eigenvalue weighted by Crippen LogP contribution is -2.34. The lowest BCUT2D eigenvalue weighted by atomic mass is 10.3. The van der Waals surface area contributed by atoms with E-state index in [1.165, 1.54) is 0 Å². The minimum absolute atomic E-state index is 0.0162. The fourth-order valence-corrected chi connectivity index (χ4v) is 0.828. The maximum atomic E-state index is 11.0. The van der Waals surface area contributed by atoms with E-state index in [1.807, 2.05) is 20.8 Å². The van der Waals surface area contributed by atoms with Gasteiger partial charge in [-0.3, -0.25) is 4.79 Å². The molecule has 0 bridgehead atoms. The Hall–Kier alpha value is -0.570. The average molecular weight is 143 g/mol. The van der Waals surface area contributed by atoms with Crippen LogP contribution in [0.3, 0.4) is 0 Å². The SMILES string of the molecule is CC(C)NC(=O)[C@H]1O[C@@H]1C. The molecule has 0 aromatic carbocycles. The molecule has 58 valence electrons. The van der Waals surface area contributed by atoms with Gasteiger partial charge in [0.15, 0.2) is 6.10 Å². The summed E-state index contributed by atoms with van der Waals surface area (Å²) >= 11 is 0. The van der Waals surface area contributed by atoms with Gasteiger partial charge < -0.3 is 10.1 Å². The first-order valence-corrected chi connectivity index (χ1v) is 3.57. The summed E-state index contributed by atoms with van der Waals surface area (Å²) in [6, 6.07) is 0.212. The Morgan fingerprint density at radius 3 is 2.40 bits per heavy atom. The minimum Gasteiger partial charge on any atom is -0.359 e. The molecule has 0 unspecified atom stereocenters. The van der Waals surface area contributed by atoms with Gasteiger partial charge in [-0.2, -0.15) is 0 Å². The quantitative estimate of drug-likeness (QED) is 0.565. The van der Waals surface area contributed by atoms with Crippen LogP contribution in [0.2, 0.25) is 0 Å². The van der Waals surface area contributed by atoms with Crippen LogP contribution in [-0.4, -0.2) is 24.2 Å². The average Bonchev–Trinajstić information content (AvgIpc) is 2.44. The molecule has 1 rings (SSSR count). The molecule has 3 nitrogen and oxygen atoms in total. The van der Waals surface area contributed by atoms with Crippen molar-refractivity contribution in [1.29, 1.82) is 0 Å². The Bertz CT molecular complexity index is 145. The first-order chi connectivity index (χ1) is 4.61. The van der Waals surface area contributed by atoms with Crippen molar-refractivity contribution in [2.24, 2.45) is 0 Å². The number of ether oxygens (including phenoxy) is 1. The summed E-state index contributed by atoms with van der Waals surface area (Å²) in [6.07, 6.45) is -0.0545. The second-order valence-corrected chi connectivity index (χ2v) is 2.93. The maximum absolute atomic E-state index is 11.0. The number of epoxide rings is 1. The molecule has 1 fully saturated rings. The lowest BCUT2D eigenvalue weighted by Gasteiger charge is -2.04. The van der Waals surface area contributed by atoms with Crippen LogP contribution in [0.5, 0.6) is 0 Å². The lowest BCUT2D eigenvalue weighted by molar-refractivity contribution is -0.122. The van der Waals surface area contributed by atoms with E-state index in [0.717, 1.165) is 0 Å². The number of amides is 1. The van der Waals surface area contributed by atoms with E-state index in [-0.39, 0.29) is 24.2 Å². The predicted octanol–water partition coefficient (Wildman–Crippen LogP) is 0.298. The van der Waals surface area contributed by atoms with Crippen molar-refractivity contribution in [2.45, 2.75) is 39.0 Å². The van der Waals surface area contributed by atoms with Gasteiger partial charge in [-0.15, -0.1) is 0 Å². The first kappa shape index (κ1) is 7.54. The van der Waals surface area contributed by atoms with Gasteiger partial charge in [-0.25, -0.2) is 0 Å². The fourth-order valence-electron chi connectivity index (χ4n) is 0.828. The summed E-state index contributed by atoms with van der Waals surface area (Å²) in [4.78, 5) is 11.0. The van der Waals surface area contributed by atoms with Gasteiger partial charge in [0.1, 0.15) is 0 Å². The fraction of sp³-hybridized carbons (Fsp3) is 0.857. The van der Waals surface area contributed by atoms with Crippen molar-refractivity contribution in [3.8, 4) is 0 Å². The molecule has 1 amide bonds. The molecule has 0 saturated carbocycles. The van der Waals surface area contributed by atoms with E-state index in [4.69, 9.17) is 4.74 Å². The van der Waals surface area contributed by atoms with E-state index < -0.39 is 0 Å². The highest BCUT2D eigenvalue weighted by Crippen LogP contribution is 2.20. The Kier molecular flexibility index (Phi) is 1.94. The Morgan fingerprint density at radius 1 is 1.60 bits per heavy atom. The third kappa shape index (κ3) is 1.70. The van der Waals surface area contributed by atoms with Gasteiger partial charge in [-0.1, -0.05) is 0 Å². The van der Waals surface area contributed by atoms with Gasteiger partial charge in [0, 0.05) is 6.04 Å². The zero-order valence-electron chi connectivity index (χ0n) is 6.55. The molecule has 1 saturated heterocycles. The van der Waals surface area contributed by atoms with E-state index in [0.29, 0.717) is 0 Å². The zero-order valence-corrected chi connectivity index (χ0v) is 6.55. The van der Waals surface area contributed by atoms with Gasteiger partial charge in [0.25, 0.3) is 5.91 Å². The molecule has 1 aliphatic heterocycles. The summed E-state index contributed by atoms with van der Waals surface area (Å²) in [7, 11) is 0. The summed E-state index contributed by atoms with van der Waals surface area (Å²) in [6.45, 7) is 5.76. The molecule has 1 aliphatic rings. The van der Waals surface area contributed by atoms with Gasteiger partial charge >= 0.3 is 0 Å². The summed E-state index contributed by atoms with van der Waals surface area (Å²) in [5.41, 5.74) is 0. The number of hydrogen-bond acceptors (Lipinski definition) is 2. The number of rotatable bonds is 2. The summed E-state index contributed by atoms with van der Waals surface area (Å²) in [5, 5.41) is 2.77. The van der Waals surface area contributed by atoms with Crippen molar-refractivity contribution in [3.63, 3.8) is 0 Å². The van der Waals surface area contributed by atoms with Gasteiger partial charge in [0.2, 0.25) is 0 Å². The van der Waals surface area contributed by atoms with Crippen LogP contribution in [0, 0.1) is 0 Å². The normalized spacial score (nSPS) is 30.4. The zero-order chi connectivity index (χ0) is 7.72. The van der Waals surface area contributed by atoms with Crippen molar-refractivity contribution < 1.29 is 9.53 Å². The van der Waals surface area contributed by atoms with Crippen LogP contribution in [0.25, 0.3) is 0 Å². The molecule has 10 heavy (non-hydrogen) atoms. The highest BCUT2D eigenvalue weighted by molar-refractivity contribution is 5.83. The van der Waals surface area contributed by atoms with Crippen LogP contribution >= 0.6 is 0 Å². The minimum atomic E-state index is -0.178. The van der Waals surface area contributed by atoms with E-state index in [9.17, 15) is 4.79 Å². The number of carbonyl (C=O) groups is 1. The molecule has 3 heteroatoms. The van der Waals surface area contributed by atoms with Crippen LogP contribution in [-0.2, 0) is 9.53 Å². The third-order valence-electron chi connectivity index (χ3n) is 1.40. The molecule has 0 aromatic heterocycles. The first-order valence-electron chi connectivity index (χ1n) is 3.57. The molecule has 0 aromatic rings. The largest absolute Gasteiger partial charge is 0.359 e. The number of hydrogen-bond donors (Lipinski definition) is 1. The van der Waals surface area contributed by atoms with Crippen LogP contribution in [0.15, 0.2) is 0 Å². The van der Waals surface area contributed by atoms with E-state index in [1.54, 1.807) is 0 Å². The second kappa shape index (κ2) is 2.58. The smallest absolute Gasteiger partial charge is 0.252 e. The standard InChI is InChI=1S/C7H13NO2/c1-4(2)8-7(9)6-5(3)10-6/h4-6H,1-3H3,(H,8,9)/t5-,6+/m1/s1. The Labute approximate surface area is 60.7 Å². The molecule has 0 radical (unpaired) electrons. The monoisotopic (exact) mass is 143 g/mol. The highest BCUT2D eigenvalue weighted by atomic mass is 16.6. The molecule has 0 aliphatic carbocycles. The third-order valence-corrected chi connectivity index (χ3v) is 1.40. The molecule has 1 heterocycles. The molecule has 1 N–H and O–H groups in total. The second-order valence-electron chi connectivity index (χ2n) is 2.93. The predicted molar refractivity (Wildman–Crippen MR) is 37.6 cm³/mol. The summed E-state index contributed by atoms with van der Waals surface area (Å²) < 4.78 is 4.97. The number of carbonyl (C=O) groups excluding carboxylic acids is 1. The van der Waals surface area contributed by atoms with Crippen LogP contribution < -0.4 is 5.32 Å². The Morgan fingerprint density at radius 2 is 2.10 bits per heavy atom. The van der Waals surface area contributed by atoms with Crippen molar-refractivity contribution in [3.05, 3.63) is 0 Å². The van der Waals surface area contributed by atoms with E-state index >= 15 is 0 Å². The van der Waals surface area contributed by atoms with Crippen LogP contribution in [0.1, 0.15) is 20.8 Å². The molecular formula is C7H13NO2. The molecule has 2 atom stereocenters. The summed E-state index contributed by atoms with van der Waals surface area (Å²) in [5.74, 6) is 0.0162. The highest BCUT2D eigenvalue weighted by Gasteiger charge is 2.40. The van der Waals surface area contributed by atoms with Gasteiger partial charge in [-0.05, 0) is 20.8 Å². The van der Waals surface area contributed by atoms with Crippen LogP contribution in [0.4, 0.5) is 0 Å². The van der Waals surface area contributed by atoms with E-state index in [2.05, 4.69) is 5.32 Å². The Balaban J connectivity index is 2.23. The van der Waals surface area contributed by atoms with Crippen molar-refractivity contribution >= 4 is 5.91 Å². The van der Waals surface area contributed by atoms with Gasteiger partial charge in [0.05, 0.1) is 6.10 Å². The maximum Gasteiger partial charge on any atom is 0.252 e. The van der Waals surface area contributed by atoms with Crippen molar-refractivity contribution in [2.75, 3.05) is 0 Å². The molecule has 0 spiro atoms. The van der Waals surface area contributed by atoms with Crippen molar-refractivity contribution in [1.82, 2.24) is 5.32 Å². The molecular weight excluding hydrogens is 130 g/mol. The number of nitrogens with one attached hydrogen (secondary N) is 1. The topological polar surface area (TPSA) is 41.6 Å².